The molecule has 1 amide bonds. The quantitative estimate of drug-likeness (QED) is 0.910. The molecule has 0 saturated carbocycles. The topological polar surface area (TPSA) is 47.6 Å². The van der Waals surface area contributed by atoms with Crippen LogP contribution in [0.2, 0.25) is 0 Å². The second-order valence-electron chi connectivity index (χ2n) is 5.66. The van der Waals surface area contributed by atoms with E-state index >= 15 is 0 Å². The van der Waals surface area contributed by atoms with Crippen molar-refractivity contribution in [1.82, 2.24) is 5.32 Å². The second-order valence-corrected chi connectivity index (χ2v) is 5.66. The Morgan fingerprint density at radius 3 is 2.95 bits per heavy atom. The highest BCUT2D eigenvalue weighted by Gasteiger charge is 2.34. The number of fused-ring (bicyclic) bond motifs is 1. The summed E-state index contributed by atoms with van der Waals surface area (Å²) < 4.78 is 10.8. The maximum absolute atomic E-state index is 11.7. The number of benzene rings is 1. The maximum atomic E-state index is 11.7. The van der Waals surface area contributed by atoms with Gasteiger partial charge in [0.25, 0.3) is 0 Å². The Labute approximate surface area is 114 Å². The van der Waals surface area contributed by atoms with Crippen LogP contribution in [-0.2, 0) is 9.53 Å². The molecule has 4 heteroatoms. The third kappa shape index (κ3) is 3.26. The number of methoxy groups -OCH3 is 1. The summed E-state index contributed by atoms with van der Waals surface area (Å²) in [5.41, 5.74) is 1.92. The Bertz CT molecular complexity index is 482. The maximum Gasteiger partial charge on any atom is 0.246 e. The lowest BCUT2D eigenvalue weighted by Gasteiger charge is -2.38. The van der Waals surface area contributed by atoms with E-state index in [1.807, 2.05) is 32.9 Å². The summed E-state index contributed by atoms with van der Waals surface area (Å²) in [6.07, 6.45) is 0.749. The molecule has 1 unspecified atom stereocenters. The summed E-state index contributed by atoms with van der Waals surface area (Å²) in [4.78, 5) is 11.7. The SMILES string of the molecule is COCC(=O)NC1CC(C)(C)Oc2ccc(C)cc21. The summed E-state index contributed by atoms with van der Waals surface area (Å²) in [6, 6.07) is 6.04. The van der Waals surface area contributed by atoms with Crippen molar-refractivity contribution in [3.8, 4) is 5.75 Å². The molecule has 0 fully saturated rings. The molecule has 1 atom stereocenters. The van der Waals surface area contributed by atoms with Crippen LogP contribution < -0.4 is 10.1 Å². The van der Waals surface area contributed by atoms with E-state index in [4.69, 9.17) is 9.47 Å². The molecular weight excluding hydrogens is 242 g/mol. The van der Waals surface area contributed by atoms with E-state index in [1.165, 1.54) is 7.11 Å². The third-order valence-corrected chi connectivity index (χ3v) is 3.23. The van der Waals surface area contributed by atoms with Gasteiger partial charge in [0.05, 0.1) is 6.04 Å². The Hall–Kier alpha value is -1.55. The predicted molar refractivity (Wildman–Crippen MR) is 73.3 cm³/mol. The first-order valence-electron chi connectivity index (χ1n) is 6.49. The van der Waals surface area contributed by atoms with Gasteiger partial charge < -0.3 is 14.8 Å². The minimum absolute atomic E-state index is 0.0266. The van der Waals surface area contributed by atoms with E-state index in [1.54, 1.807) is 0 Å². The first kappa shape index (κ1) is 13.9. The van der Waals surface area contributed by atoms with Gasteiger partial charge in [0.15, 0.2) is 0 Å². The fourth-order valence-corrected chi connectivity index (χ4v) is 2.47. The number of nitrogens with one attached hydrogen (secondary N) is 1. The summed E-state index contributed by atoms with van der Waals surface area (Å²) in [6.45, 7) is 6.18. The highest BCUT2D eigenvalue weighted by molar-refractivity contribution is 5.77. The van der Waals surface area contributed by atoms with Crippen molar-refractivity contribution in [2.24, 2.45) is 0 Å². The zero-order valence-electron chi connectivity index (χ0n) is 11.9. The van der Waals surface area contributed by atoms with Gasteiger partial charge in [0, 0.05) is 19.1 Å². The molecule has 1 heterocycles. The van der Waals surface area contributed by atoms with E-state index in [-0.39, 0.29) is 24.2 Å². The van der Waals surface area contributed by atoms with Crippen molar-refractivity contribution in [1.29, 1.82) is 0 Å². The Balaban J connectivity index is 2.28. The number of carbonyl (C=O) groups excluding carboxylic acids is 1. The summed E-state index contributed by atoms with van der Waals surface area (Å²) >= 11 is 0. The lowest BCUT2D eigenvalue weighted by Crippen LogP contribution is -2.42. The van der Waals surface area contributed by atoms with Crippen LogP contribution >= 0.6 is 0 Å². The first-order valence-corrected chi connectivity index (χ1v) is 6.49. The third-order valence-electron chi connectivity index (χ3n) is 3.23. The number of hydrogen-bond acceptors (Lipinski definition) is 3. The molecule has 1 N–H and O–H groups in total. The van der Waals surface area contributed by atoms with Crippen molar-refractivity contribution in [2.75, 3.05) is 13.7 Å². The van der Waals surface area contributed by atoms with Gasteiger partial charge in [-0.25, -0.2) is 0 Å². The van der Waals surface area contributed by atoms with Gasteiger partial charge in [-0.1, -0.05) is 17.7 Å². The van der Waals surface area contributed by atoms with Gasteiger partial charge in [-0.05, 0) is 26.8 Å². The molecule has 19 heavy (non-hydrogen) atoms. The number of rotatable bonds is 3. The van der Waals surface area contributed by atoms with Gasteiger partial charge >= 0.3 is 0 Å². The summed E-state index contributed by atoms with van der Waals surface area (Å²) in [5.74, 6) is 0.752. The second kappa shape index (κ2) is 5.21. The normalized spacial score (nSPS) is 20.3. The highest BCUT2D eigenvalue weighted by atomic mass is 16.5. The van der Waals surface area contributed by atoms with Crippen molar-refractivity contribution < 1.29 is 14.3 Å². The fourth-order valence-electron chi connectivity index (χ4n) is 2.47. The van der Waals surface area contributed by atoms with E-state index in [2.05, 4.69) is 11.4 Å². The van der Waals surface area contributed by atoms with Gasteiger partial charge in [0.2, 0.25) is 5.91 Å². The Morgan fingerprint density at radius 2 is 2.26 bits per heavy atom. The molecular formula is C15H21NO3. The van der Waals surface area contributed by atoms with E-state index in [0.717, 1.165) is 23.3 Å². The molecule has 1 aliphatic rings. The van der Waals surface area contributed by atoms with E-state index in [9.17, 15) is 4.79 Å². The molecule has 104 valence electrons. The fraction of sp³-hybridized carbons (Fsp3) is 0.533. The lowest BCUT2D eigenvalue weighted by atomic mass is 9.89. The zero-order valence-corrected chi connectivity index (χ0v) is 11.9. The van der Waals surface area contributed by atoms with Crippen LogP contribution in [0, 0.1) is 6.92 Å². The molecule has 0 radical (unpaired) electrons. The van der Waals surface area contributed by atoms with Gasteiger partial charge in [0.1, 0.15) is 18.0 Å². The van der Waals surface area contributed by atoms with Crippen LogP contribution in [0.3, 0.4) is 0 Å². The monoisotopic (exact) mass is 263 g/mol. The van der Waals surface area contributed by atoms with E-state index < -0.39 is 0 Å². The molecule has 2 rings (SSSR count). The summed E-state index contributed by atoms with van der Waals surface area (Å²) in [5, 5.41) is 3.01. The van der Waals surface area contributed by atoms with Gasteiger partial charge in [-0.3, -0.25) is 4.79 Å². The van der Waals surface area contributed by atoms with Crippen LogP contribution in [0.5, 0.6) is 5.75 Å². The Kier molecular flexibility index (Phi) is 3.80. The number of amides is 1. The van der Waals surface area contributed by atoms with E-state index in [0.29, 0.717) is 0 Å². The lowest BCUT2D eigenvalue weighted by molar-refractivity contribution is -0.126. The van der Waals surface area contributed by atoms with Crippen molar-refractivity contribution in [3.05, 3.63) is 29.3 Å². The Morgan fingerprint density at radius 1 is 1.53 bits per heavy atom. The molecule has 0 bridgehead atoms. The number of ether oxygens (including phenoxy) is 2. The smallest absolute Gasteiger partial charge is 0.246 e. The number of hydrogen-bond donors (Lipinski definition) is 1. The molecule has 4 nitrogen and oxygen atoms in total. The van der Waals surface area contributed by atoms with Crippen LogP contribution in [-0.4, -0.2) is 25.2 Å². The molecule has 0 aliphatic carbocycles. The first-order chi connectivity index (χ1) is 8.91. The number of aryl methyl sites for hydroxylation is 1. The minimum Gasteiger partial charge on any atom is -0.487 e. The standard InChI is InChI=1S/C15H21NO3/c1-10-5-6-13-11(7-10)12(8-15(2,3)19-13)16-14(17)9-18-4/h5-7,12H,8-9H2,1-4H3,(H,16,17). The van der Waals surface area contributed by atoms with Crippen LogP contribution in [0.4, 0.5) is 0 Å². The average molecular weight is 263 g/mol. The van der Waals surface area contributed by atoms with Crippen LogP contribution in [0.1, 0.15) is 37.4 Å². The molecule has 1 aliphatic heterocycles. The molecule has 0 saturated heterocycles. The van der Waals surface area contributed by atoms with Crippen molar-refractivity contribution in [2.45, 2.75) is 38.8 Å². The minimum atomic E-state index is -0.284. The molecule has 1 aromatic carbocycles. The highest BCUT2D eigenvalue weighted by Crippen LogP contribution is 2.39. The predicted octanol–water partition coefficient (Wildman–Crippen LogP) is 2.36. The van der Waals surface area contributed by atoms with Crippen LogP contribution in [0.15, 0.2) is 18.2 Å². The molecule has 0 spiro atoms. The van der Waals surface area contributed by atoms with Gasteiger partial charge in [-0.2, -0.15) is 0 Å². The molecule has 1 aromatic rings. The number of carbonyl (C=O) groups is 1. The largest absolute Gasteiger partial charge is 0.487 e. The molecule has 0 aromatic heterocycles. The summed E-state index contributed by atoms with van der Waals surface area (Å²) in [7, 11) is 1.52. The van der Waals surface area contributed by atoms with Crippen molar-refractivity contribution >= 4 is 5.91 Å². The van der Waals surface area contributed by atoms with Gasteiger partial charge in [-0.15, -0.1) is 0 Å². The van der Waals surface area contributed by atoms with Crippen LogP contribution in [0.25, 0.3) is 0 Å². The average Bonchev–Trinajstić information content (AvgIpc) is 2.29. The zero-order chi connectivity index (χ0) is 14.0. The van der Waals surface area contributed by atoms with Crippen molar-refractivity contribution in [3.63, 3.8) is 0 Å².